The molecule has 31 heavy (non-hydrogen) atoms. The van der Waals surface area contributed by atoms with Gasteiger partial charge < -0.3 is 10.2 Å². The number of fused-ring (bicyclic) bond motifs is 1. The number of aryl methyl sites for hydroxylation is 1. The Hall–Kier alpha value is -2.96. The minimum absolute atomic E-state index is 0.00369. The normalized spacial score (nSPS) is 21.1. The standard InChI is InChI=1S/C24H31N3O4/c1-4-20(22(29)25-3)27(15-17-10-6-5-9-16(17)2)21(28)13-14-26-23(30)18-11-7-8-12-19(18)24(26)31/h5-10,18-20H,4,11-15H2,1-3H3,(H,25,29)/t18-,19+,20-/m1/s1. The Kier molecular flexibility index (Phi) is 7.25. The van der Waals surface area contributed by atoms with E-state index in [1.165, 1.54) is 4.90 Å². The maximum Gasteiger partial charge on any atom is 0.242 e. The predicted molar refractivity (Wildman–Crippen MR) is 117 cm³/mol. The molecule has 1 fully saturated rings. The first-order valence-electron chi connectivity index (χ1n) is 10.9. The zero-order valence-corrected chi connectivity index (χ0v) is 18.5. The number of likely N-dealkylation sites (tertiary alicyclic amines) is 1. The summed E-state index contributed by atoms with van der Waals surface area (Å²) in [6.45, 7) is 4.19. The molecule has 0 spiro atoms. The maximum atomic E-state index is 13.2. The van der Waals surface area contributed by atoms with Gasteiger partial charge in [0.05, 0.1) is 11.8 Å². The lowest BCUT2D eigenvalue weighted by Gasteiger charge is -2.31. The molecule has 0 saturated carbocycles. The number of carbonyl (C=O) groups excluding carboxylic acids is 4. The number of imide groups is 1. The Labute approximate surface area is 183 Å². The summed E-state index contributed by atoms with van der Waals surface area (Å²) < 4.78 is 0. The highest BCUT2D eigenvalue weighted by Gasteiger charge is 2.47. The van der Waals surface area contributed by atoms with Crippen LogP contribution in [0.3, 0.4) is 0 Å². The van der Waals surface area contributed by atoms with Gasteiger partial charge in [0, 0.05) is 26.6 Å². The van der Waals surface area contributed by atoms with Crippen molar-refractivity contribution >= 4 is 23.6 Å². The average Bonchev–Trinajstić information content (AvgIpc) is 3.03. The largest absolute Gasteiger partial charge is 0.357 e. The number of amides is 4. The number of carbonyl (C=O) groups is 4. The van der Waals surface area contributed by atoms with Crippen molar-refractivity contribution in [1.82, 2.24) is 15.1 Å². The lowest BCUT2D eigenvalue weighted by atomic mass is 9.85. The van der Waals surface area contributed by atoms with Gasteiger partial charge in [-0.25, -0.2) is 0 Å². The molecule has 4 amide bonds. The van der Waals surface area contributed by atoms with E-state index in [9.17, 15) is 19.2 Å². The zero-order chi connectivity index (χ0) is 22.5. The second-order valence-corrected chi connectivity index (χ2v) is 8.22. The van der Waals surface area contributed by atoms with Gasteiger partial charge in [0.15, 0.2) is 0 Å². The van der Waals surface area contributed by atoms with Crippen molar-refractivity contribution in [3.63, 3.8) is 0 Å². The lowest BCUT2D eigenvalue weighted by Crippen LogP contribution is -2.49. The van der Waals surface area contributed by atoms with Crippen LogP contribution in [0.15, 0.2) is 36.4 Å². The second kappa shape index (κ2) is 9.90. The van der Waals surface area contributed by atoms with Gasteiger partial charge in [-0.3, -0.25) is 24.1 Å². The Morgan fingerprint density at radius 2 is 1.74 bits per heavy atom. The van der Waals surface area contributed by atoms with E-state index in [1.54, 1.807) is 11.9 Å². The number of likely N-dealkylation sites (N-methyl/N-ethyl adjacent to an activating group) is 1. The third-order valence-electron chi connectivity index (χ3n) is 6.38. The van der Waals surface area contributed by atoms with E-state index < -0.39 is 6.04 Å². The van der Waals surface area contributed by atoms with E-state index in [2.05, 4.69) is 5.32 Å². The number of nitrogens with zero attached hydrogens (tertiary/aromatic N) is 2. The van der Waals surface area contributed by atoms with Gasteiger partial charge >= 0.3 is 0 Å². The van der Waals surface area contributed by atoms with Crippen molar-refractivity contribution < 1.29 is 19.2 Å². The minimum Gasteiger partial charge on any atom is -0.357 e. The van der Waals surface area contributed by atoms with E-state index in [1.807, 2.05) is 50.3 Å². The Morgan fingerprint density at radius 3 is 2.29 bits per heavy atom. The van der Waals surface area contributed by atoms with E-state index in [0.717, 1.165) is 11.1 Å². The fourth-order valence-corrected chi connectivity index (χ4v) is 4.50. The molecule has 7 heteroatoms. The molecule has 1 aliphatic heterocycles. The van der Waals surface area contributed by atoms with Gasteiger partial charge in [-0.15, -0.1) is 0 Å². The molecular formula is C24H31N3O4. The van der Waals surface area contributed by atoms with Crippen LogP contribution in [0.5, 0.6) is 0 Å². The van der Waals surface area contributed by atoms with E-state index in [0.29, 0.717) is 25.8 Å². The van der Waals surface area contributed by atoms with Crippen molar-refractivity contribution in [2.24, 2.45) is 11.8 Å². The molecule has 2 aliphatic rings. The number of nitrogens with one attached hydrogen (secondary N) is 1. The first kappa shape index (κ1) is 22.7. The van der Waals surface area contributed by atoms with Gasteiger partial charge in [-0.05, 0) is 37.3 Å². The lowest BCUT2D eigenvalue weighted by molar-refractivity contribution is -0.144. The van der Waals surface area contributed by atoms with Crippen LogP contribution in [0, 0.1) is 18.8 Å². The van der Waals surface area contributed by atoms with Crippen LogP contribution in [0.1, 0.15) is 43.7 Å². The Morgan fingerprint density at radius 1 is 1.13 bits per heavy atom. The summed E-state index contributed by atoms with van der Waals surface area (Å²) in [7, 11) is 1.55. The summed E-state index contributed by atoms with van der Waals surface area (Å²) in [5, 5.41) is 2.64. The molecule has 1 aromatic carbocycles. The van der Waals surface area contributed by atoms with Gasteiger partial charge in [0.1, 0.15) is 6.04 Å². The number of benzene rings is 1. The molecular weight excluding hydrogens is 394 g/mol. The second-order valence-electron chi connectivity index (χ2n) is 8.22. The van der Waals surface area contributed by atoms with Crippen LogP contribution in [-0.4, -0.2) is 53.1 Å². The Bertz CT molecular complexity index is 869. The summed E-state index contributed by atoms with van der Waals surface area (Å²) in [6.07, 6.45) is 5.51. The molecule has 1 saturated heterocycles. The summed E-state index contributed by atoms with van der Waals surface area (Å²) in [5.41, 5.74) is 2.00. The highest BCUT2D eigenvalue weighted by molar-refractivity contribution is 6.05. The molecule has 1 N–H and O–H groups in total. The number of hydrogen-bond donors (Lipinski definition) is 1. The predicted octanol–water partition coefficient (Wildman–Crippen LogP) is 2.19. The van der Waals surface area contributed by atoms with Crippen molar-refractivity contribution in [3.8, 4) is 0 Å². The van der Waals surface area contributed by atoms with E-state index in [-0.39, 0.29) is 48.4 Å². The summed E-state index contributed by atoms with van der Waals surface area (Å²) in [5.74, 6) is -1.44. The highest BCUT2D eigenvalue weighted by Crippen LogP contribution is 2.35. The van der Waals surface area contributed by atoms with E-state index >= 15 is 0 Å². The first-order chi connectivity index (χ1) is 14.9. The van der Waals surface area contributed by atoms with Crippen LogP contribution in [0.25, 0.3) is 0 Å². The fourth-order valence-electron chi connectivity index (χ4n) is 4.50. The summed E-state index contributed by atoms with van der Waals surface area (Å²) in [6, 6.07) is 7.13. The van der Waals surface area contributed by atoms with Crippen LogP contribution in [0.2, 0.25) is 0 Å². The van der Waals surface area contributed by atoms with Crippen molar-refractivity contribution in [1.29, 1.82) is 0 Å². The topological polar surface area (TPSA) is 86.8 Å². The van der Waals surface area contributed by atoms with Crippen molar-refractivity contribution in [2.75, 3.05) is 13.6 Å². The SMILES string of the molecule is CC[C@H](C(=O)NC)N(Cc1ccccc1C)C(=O)CCN1C(=O)[C@H]2CC=CC[C@H]2C1=O. The molecule has 0 bridgehead atoms. The summed E-state index contributed by atoms with van der Waals surface area (Å²) >= 11 is 0. The van der Waals surface area contributed by atoms with Gasteiger partial charge in [0.2, 0.25) is 23.6 Å². The Balaban J connectivity index is 1.75. The smallest absolute Gasteiger partial charge is 0.242 e. The molecule has 1 heterocycles. The van der Waals surface area contributed by atoms with E-state index in [4.69, 9.17) is 0 Å². The van der Waals surface area contributed by atoms with Crippen LogP contribution in [-0.2, 0) is 25.7 Å². The molecule has 7 nitrogen and oxygen atoms in total. The van der Waals surface area contributed by atoms with Crippen molar-refractivity contribution in [2.45, 2.75) is 52.1 Å². The molecule has 0 radical (unpaired) electrons. The zero-order valence-electron chi connectivity index (χ0n) is 18.5. The van der Waals surface area contributed by atoms with Crippen molar-refractivity contribution in [3.05, 3.63) is 47.5 Å². The number of rotatable bonds is 8. The molecule has 1 aliphatic carbocycles. The molecule has 0 aromatic heterocycles. The van der Waals surface area contributed by atoms with Crippen LogP contribution < -0.4 is 5.32 Å². The molecule has 3 atom stereocenters. The molecule has 0 unspecified atom stereocenters. The third kappa shape index (κ3) is 4.70. The third-order valence-corrected chi connectivity index (χ3v) is 6.38. The summed E-state index contributed by atoms with van der Waals surface area (Å²) in [4.78, 5) is 53.9. The maximum absolute atomic E-state index is 13.2. The van der Waals surface area contributed by atoms with Gasteiger partial charge in [0.25, 0.3) is 0 Å². The van der Waals surface area contributed by atoms with Gasteiger partial charge in [-0.1, -0.05) is 43.3 Å². The van der Waals surface area contributed by atoms with Crippen LogP contribution in [0.4, 0.5) is 0 Å². The number of hydrogen-bond acceptors (Lipinski definition) is 4. The van der Waals surface area contributed by atoms with Gasteiger partial charge in [-0.2, -0.15) is 0 Å². The quantitative estimate of drug-likeness (QED) is 0.511. The first-order valence-corrected chi connectivity index (χ1v) is 10.9. The minimum atomic E-state index is -0.617. The average molecular weight is 426 g/mol. The molecule has 1 aromatic rings. The molecule has 3 rings (SSSR count). The monoisotopic (exact) mass is 425 g/mol. The van der Waals surface area contributed by atoms with Crippen LogP contribution >= 0.6 is 0 Å². The fraction of sp³-hybridized carbons (Fsp3) is 0.500. The highest BCUT2D eigenvalue weighted by atomic mass is 16.2. The molecule has 166 valence electrons. The number of allylic oxidation sites excluding steroid dienone is 2.